The lowest BCUT2D eigenvalue weighted by atomic mass is 10.1. The zero-order valence-corrected chi connectivity index (χ0v) is 15.1. The summed E-state index contributed by atoms with van der Waals surface area (Å²) in [7, 11) is 3.88. The van der Waals surface area contributed by atoms with Crippen molar-refractivity contribution >= 4 is 23.6 Å². The molecule has 0 aliphatic heterocycles. The second-order valence-corrected chi connectivity index (χ2v) is 6.54. The molecule has 0 bridgehead atoms. The smallest absolute Gasteiger partial charge is 0.315 e. The highest BCUT2D eigenvalue weighted by Gasteiger charge is 2.14. The molecule has 0 saturated heterocycles. The van der Waals surface area contributed by atoms with Crippen LogP contribution in [0.4, 0.5) is 10.6 Å². The van der Waals surface area contributed by atoms with E-state index in [9.17, 15) is 4.79 Å². The Hall–Kier alpha value is -2.21. The van der Waals surface area contributed by atoms with Crippen LogP contribution in [0.2, 0.25) is 0 Å². The SMILES string of the molecule is CSC[C@H](NC(=O)NCc1cccnc1N(C)C)c1ccccc1. The number of anilines is 1. The van der Waals surface area contributed by atoms with Crippen LogP contribution in [-0.2, 0) is 6.54 Å². The maximum atomic E-state index is 12.3. The summed E-state index contributed by atoms with van der Waals surface area (Å²) in [5.41, 5.74) is 2.09. The number of pyridine rings is 1. The second kappa shape index (κ2) is 9.17. The number of urea groups is 1. The Kier molecular flexibility index (Phi) is 6.93. The summed E-state index contributed by atoms with van der Waals surface area (Å²) in [6.45, 7) is 0.438. The minimum atomic E-state index is -0.175. The topological polar surface area (TPSA) is 57.3 Å². The summed E-state index contributed by atoms with van der Waals surface area (Å²) in [6.07, 6.45) is 3.79. The summed E-state index contributed by atoms with van der Waals surface area (Å²) in [5.74, 6) is 1.69. The number of hydrogen-bond acceptors (Lipinski definition) is 4. The van der Waals surface area contributed by atoms with E-state index in [4.69, 9.17) is 0 Å². The predicted molar refractivity (Wildman–Crippen MR) is 102 cm³/mol. The van der Waals surface area contributed by atoms with Crippen LogP contribution >= 0.6 is 11.8 Å². The molecule has 2 rings (SSSR count). The molecule has 0 aliphatic rings. The maximum absolute atomic E-state index is 12.3. The van der Waals surface area contributed by atoms with Crippen LogP contribution in [0.5, 0.6) is 0 Å². The van der Waals surface area contributed by atoms with Gasteiger partial charge in [-0.25, -0.2) is 9.78 Å². The predicted octanol–water partition coefficient (Wildman–Crippen LogP) is 3.05. The van der Waals surface area contributed by atoms with Gasteiger partial charge in [0.25, 0.3) is 0 Å². The van der Waals surface area contributed by atoms with E-state index in [0.29, 0.717) is 6.54 Å². The van der Waals surface area contributed by atoms with Crippen molar-refractivity contribution < 1.29 is 4.79 Å². The summed E-state index contributed by atoms with van der Waals surface area (Å²) in [4.78, 5) is 18.6. The van der Waals surface area contributed by atoms with E-state index in [1.165, 1.54) is 0 Å². The first kappa shape index (κ1) is 18.1. The average molecular weight is 344 g/mol. The van der Waals surface area contributed by atoms with Crippen molar-refractivity contribution in [2.24, 2.45) is 0 Å². The molecule has 0 spiro atoms. The largest absolute Gasteiger partial charge is 0.362 e. The summed E-state index contributed by atoms with van der Waals surface area (Å²) in [6, 6.07) is 13.7. The molecule has 1 heterocycles. The molecule has 0 fully saturated rings. The van der Waals surface area contributed by atoms with Gasteiger partial charge in [0, 0.05) is 38.2 Å². The van der Waals surface area contributed by atoms with Crippen LogP contribution in [0.3, 0.4) is 0 Å². The quantitative estimate of drug-likeness (QED) is 0.810. The number of amides is 2. The number of carbonyl (C=O) groups excluding carboxylic acids is 1. The maximum Gasteiger partial charge on any atom is 0.315 e. The first-order chi connectivity index (χ1) is 11.6. The van der Waals surface area contributed by atoms with Gasteiger partial charge in [-0.15, -0.1) is 0 Å². The van der Waals surface area contributed by atoms with Crippen molar-refractivity contribution in [3.8, 4) is 0 Å². The third kappa shape index (κ3) is 5.16. The molecule has 1 aromatic heterocycles. The average Bonchev–Trinajstić information content (AvgIpc) is 2.60. The molecule has 1 aromatic carbocycles. The molecule has 24 heavy (non-hydrogen) atoms. The number of rotatable bonds is 7. The number of nitrogens with one attached hydrogen (secondary N) is 2. The van der Waals surface area contributed by atoms with E-state index in [1.807, 2.05) is 67.7 Å². The minimum absolute atomic E-state index is 0.0107. The van der Waals surface area contributed by atoms with Crippen LogP contribution < -0.4 is 15.5 Å². The molecular weight excluding hydrogens is 320 g/mol. The van der Waals surface area contributed by atoms with Crippen LogP contribution in [0.15, 0.2) is 48.7 Å². The van der Waals surface area contributed by atoms with E-state index in [1.54, 1.807) is 18.0 Å². The first-order valence-electron chi connectivity index (χ1n) is 7.81. The van der Waals surface area contributed by atoms with Gasteiger partial charge in [-0.1, -0.05) is 36.4 Å². The number of carbonyl (C=O) groups is 1. The Bertz CT molecular complexity index is 648. The van der Waals surface area contributed by atoms with E-state index in [-0.39, 0.29) is 12.1 Å². The van der Waals surface area contributed by atoms with Gasteiger partial charge >= 0.3 is 6.03 Å². The van der Waals surface area contributed by atoms with Crippen molar-refractivity contribution in [3.05, 3.63) is 59.8 Å². The van der Waals surface area contributed by atoms with Gasteiger partial charge in [-0.2, -0.15) is 11.8 Å². The minimum Gasteiger partial charge on any atom is -0.362 e. The number of hydrogen-bond donors (Lipinski definition) is 2. The van der Waals surface area contributed by atoms with Gasteiger partial charge in [0.15, 0.2) is 0 Å². The van der Waals surface area contributed by atoms with E-state index < -0.39 is 0 Å². The molecule has 2 aromatic rings. The Labute approximate surface area is 147 Å². The number of aromatic nitrogens is 1. The molecule has 2 amide bonds. The lowest BCUT2D eigenvalue weighted by Crippen LogP contribution is -2.38. The highest BCUT2D eigenvalue weighted by Crippen LogP contribution is 2.17. The normalized spacial score (nSPS) is 11.6. The second-order valence-electron chi connectivity index (χ2n) is 5.63. The fourth-order valence-electron chi connectivity index (χ4n) is 2.43. The lowest BCUT2D eigenvalue weighted by molar-refractivity contribution is 0.237. The summed E-state index contributed by atoms with van der Waals surface area (Å²) in [5, 5.41) is 5.98. The molecule has 1 atom stereocenters. The Morgan fingerprint density at radius 1 is 1.21 bits per heavy atom. The Morgan fingerprint density at radius 3 is 2.62 bits per heavy atom. The monoisotopic (exact) mass is 344 g/mol. The van der Waals surface area contributed by atoms with Crippen molar-refractivity contribution in [1.29, 1.82) is 0 Å². The number of thioether (sulfide) groups is 1. The highest BCUT2D eigenvalue weighted by atomic mass is 32.2. The van der Waals surface area contributed by atoms with Crippen LogP contribution in [0.25, 0.3) is 0 Å². The molecule has 5 nitrogen and oxygen atoms in total. The van der Waals surface area contributed by atoms with Crippen LogP contribution in [0.1, 0.15) is 17.2 Å². The number of nitrogens with zero attached hydrogens (tertiary/aromatic N) is 2. The van der Waals surface area contributed by atoms with E-state index in [2.05, 4.69) is 15.6 Å². The van der Waals surface area contributed by atoms with Crippen molar-refractivity contribution in [2.75, 3.05) is 31.0 Å². The molecule has 0 saturated carbocycles. The fourth-order valence-corrected chi connectivity index (χ4v) is 3.04. The summed E-state index contributed by atoms with van der Waals surface area (Å²) < 4.78 is 0. The number of benzene rings is 1. The fraction of sp³-hybridized carbons (Fsp3) is 0.333. The van der Waals surface area contributed by atoms with Crippen molar-refractivity contribution in [3.63, 3.8) is 0 Å². The van der Waals surface area contributed by atoms with Crippen LogP contribution in [-0.4, -0.2) is 37.1 Å². The molecule has 2 N–H and O–H groups in total. The zero-order chi connectivity index (χ0) is 17.4. The molecule has 0 aliphatic carbocycles. The molecule has 0 radical (unpaired) electrons. The van der Waals surface area contributed by atoms with Gasteiger partial charge in [0.2, 0.25) is 0 Å². The third-order valence-corrected chi connectivity index (χ3v) is 4.24. The summed E-state index contributed by atoms with van der Waals surface area (Å²) >= 11 is 1.71. The standard InChI is InChI=1S/C18H24N4OS/c1-22(2)17-15(10-7-11-19-17)12-20-18(23)21-16(13-24-3)14-8-5-4-6-9-14/h4-11,16H,12-13H2,1-3H3,(H2,20,21,23)/t16-/m0/s1. The zero-order valence-electron chi connectivity index (χ0n) is 14.3. The van der Waals surface area contributed by atoms with Crippen LogP contribution in [0, 0.1) is 0 Å². The van der Waals surface area contributed by atoms with E-state index >= 15 is 0 Å². The molecule has 0 unspecified atom stereocenters. The molecular formula is C18H24N4OS. The highest BCUT2D eigenvalue weighted by molar-refractivity contribution is 7.98. The Balaban J connectivity index is 1.97. The third-order valence-electron chi connectivity index (χ3n) is 3.57. The van der Waals surface area contributed by atoms with Gasteiger partial charge < -0.3 is 15.5 Å². The van der Waals surface area contributed by atoms with E-state index in [0.717, 1.165) is 22.7 Å². The van der Waals surface area contributed by atoms with Gasteiger partial charge in [0.1, 0.15) is 5.82 Å². The Morgan fingerprint density at radius 2 is 1.96 bits per heavy atom. The first-order valence-corrected chi connectivity index (χ1v) is 9.20. The van der Waals surface area contributed by atoms with Crippen molar-refractivity contribution in [2.45, 2.75) is 12.6 Å². The van der Waals surface area contributed by atoms with Gasteiger partial charge in [0.05, 0.1) is 6.04 Å². The molecule has 128 valence electrons. The molecule has 6 heteroatoms. The van der Waals surface area contributed by atoms with Gasteiger partial charge in [-0.05, 0) is 17.9 Å². The lowest BCUT2D eigenvalue weighted by Gasteiger charge is -2.20. The van der Waals surface area contributed by atoms with Crippen molar-refractivity contribution in [1.82, 2.24) is 15.6 Å². The van der Waals surface area contributed by atoms with Gasteiger partial charge in [-0.3, -0.25) is 0 Å².